The first-order valence-corrected chi connectivity index (χ1v) is 7.26. The van der Waals surface area contributed by atoms with Crippen LogP contribution in [0.25, 0.3) is 0 Å². The highest BCUT2D eigenvalue weighted by Gasteiger charge is 2.20. The van der Waals surface area contributed by atoms with Crippen LogP contribution in [0.1, 0.15) is 42.1 Å². The Labute approximate surface area is 118 Å². The van der Waals surface area contributed by atoms with E-state index in [0.29, 0.717) is 0 Å². The van der Waals surface area contributed by atoms with Crippen LogP contribution in [0.2, 0.25) is 0 Å². The van der Waals surface area contributed by atoms with Crippen molar-refractivity contribution >= 4 is 11.3 Å². The number of thiophene rings is 1. The van der Waals surface area contributed by atoms with E-state index in [0.717, 1.165) is 5.56 Å². The van der Waals surface area contributed by atoms with Gasteiger partial charge in [0.15, 0.2) is 0 Å². The molecule has 0 fully saturated rings. The zero-order valence-corrected chi connectivity index (χ0v) is 12.6. The first-order chi connectivity index (χ1) is 8.91. The molecule has 1 aromatic heterocycles. The Morgan fingerprint density at radius 3 is 2.42 bits per heavy atom. The van der Waals surface area contributed by atoms with Gasteiger partial charge in [0, 0.05) is 9.75 Å². The number of benzene rings is 1. The van der Waals surface area contributed by atoms with E-state index in [4.69, 9.17) is 0 Å². The molecule has 0 saturated heterocycles. The first kappa shape index (κ1) is 14.2. The molecule has 0 aliphatic heterocycles. The maximum absolute atomic E-state index is 13.3. The molecule has 3 heteroatoms. The molecule has 1 unspecified atom stereocenters. The fraction of sp³-hybridized carbons (Fsp3) is 0.375. The average molecular weight is 277 g/mol. The summed E-state index contributed by atoms with van der Waals surface area (Å²) in [7, 11) is 1.91. The largest absolute Gasteiger partial charge is 0.309 e. The molecule has 1 aromatic carbocycles. The highest BCUT2D eigenvalue weighted by Crippen LogP contribution is 2.34. The molecular formula is C16H20FNS. The van der Waals surface area contributed by atoms with E-state index in [1.54, 1.807) is 23.5 Å². The van der Waals surface area contributed by atoms with E-state index in [1.165, 1.54) is 15.8 Å². The molecule has 1 heterocycles. The van der Waals surface area contributed by atoms with E-state index in [-0.39, 0.29) is 17.3 Å². The molecule has 0 amide bonds. The lowest BCUT2D eigenvalue weighted by atomic mass is 9.95. The number of rotatable bonds is 3. The zero-order chi connectivity index (χ0) is 14.0. The summed E-state index contributed by atoms with van der Waals surface area (Å²) in [5, 5.41) is 3.27. The molecule has 1 nitrogen and oxygen atoms in total. The summed E-state index contributed by atoms with van der Waals surface area (Å²) in [6, 6.07) is 11.1. The SMILES string of the molecule is CNC(c1cccc(F)c1)c1ccc(C(C)(C)C)s1. The monoisotopic (exact) mass is 277 g/mol. The van der Waals surface area contributed by atoms with Crippen LogP contribution in [0.5, 0.6) is 0 Å². The molecule has 19 heavy (non-hydrogen) atoms. The van der Waals surface area contributed by atoms with Gasteiger partial charge in [-0.25, -0.2) is 4.39 Å². The van der Waals surface area contributed by atoms with Gasteiger partial charge in [0.05, 0.1) is 6.04 Å². The van der Waals surface area contributed by atoms with Crippen molar-refractivity contribution in [3.63, 3.8) is 0 Å². The second-order valence-corrected chi connectivity index (χ2v) is 6.84. The van der Waals surface area contributed by atoms with Crippen molar-refractivity contribution in [1.82, 2.24) is 5.32 Å². The molecule has 2 rings (SSSR count). The van der Waals surface area contributed by atoms with Crippen LogP contribution in [0.3, 0.4) is 0 Å². The van der Waals surface area contributed by atoms with Crippen molar-refractivity contribution < 1.29 is 4.39 Å². The third kappa shape index (κ3) is 3.23. The van der Waals surface area contributed by atoms with Crippen LogP contribution in [-0.4, -0.2) is 7.05 Å². The van der Waals surface area contributed by atoms with Crippen molar-refractivity contribution in [1.29, 1.82) is 0 Å². The molecule has 2 aromatic rings. The van der Waals surface area contributed by atoms with Crippen LogP contribution >= 0.6 is 11.3 Å². The molecular weight excluding hydrogens is 257 g/mol. The lowest BCUT2D eigenvalue weighted by Crippen LogP contribution is -2.16. The molecule has 1 N–H and O–H groups in total. The van der Waals surface area contributed by atoms with Gasteiger partial charge < -0.3 is 5.32 Å². The van der Waals surface area contributed by atoms with Gasteiger partial charge in [0.25, 0.3) is 0 Å². The van der Waals surface area contributed by atoms with Gasteiger partial charge in [0.2, 0.25) is 0 Å². The van der Waals surface area contributed by atoms with Crippen LogP contribution in [0.15, 0.2) is 36.4 Å². The van der Waals surface area contributed by atoms with E-state index >= 15 is 0 Å². The van der Waals surface area contributed by atoms with Crippen LogP contribution in [-0.2, 0) is 5.41 Å². The fourth-order valence-electron chi connectivity index (χ4n) is 2.07. The summed E-state index contributed by atoms with van der Waals surface area (Å²) >= 11 is 1.79. The van der Waals surface area contributed by atoms with Crippen molar-refractivity contribution in [3.8, 4) is 0 Å². The predicted octanol–water partition coefficient (Wildman–Crippen LogP) is 4.49. The number of hydrogen-bond donors (Lipinski definition) is 1. The van der Waals surface area contributed by atoms with Gasteiger partial charge in [-0.05, 0) is 42.3 Å². The Hall–Kier alpha value is -1.19. The summed E-state index contributed by atoms with van der Waals surface area (Å²) in [5.74, 6) is -0.189. The van der Waals surface area contributed by atoms with E-state index in [9.17, 15) is 4.39 Å². The minimum atomic E-state index is -0.189. The molecule has 0 saturated carbocycles. The molecule has 0 spiro atoms. The minimum absolute atomic E-state index is 0.0526. The van der Waals surface area contributed by atoms with Gasteiger partial charge in [0.1, 0.15) is 5.82 Å². The predicted molar refractivity (Wildman–Crippen MR) is 80.3 cm³/mol. The number of halogens is 1. The lowest BCUT2D eigenvalue weighted by Gasteiger charge is -2.17. The normalized spacial score (nSPS) is 13.5. The fourth-order valence-corrected chi connectivity index (χ4v) is 3.27. The van der Waals surface area contributed by atoms with Crippen molar-refractivity contribution in [3.05, 3.63) is 57.5 Å². The summed E-state index contributed by atoms with van der Waals surface area (Å²) in [6.45, 7) is 6.62. The maximum atomic E-state index is 13.3. The van der Waals surface area contributed by atoms with Gasteiger partial charge in [-0.1, -0.05) is 32.9 Å². The van der Waals surface area contributed by atoms with Gasteiger partial charge >= 0.3 is 0 Å². The highest BCUT2D eigenvalue weighted by atomic mass is 32.1. The number of nitrogens with one attached hydrogen (secondary N) is 1. The average Bonchev–Trinajstić information content (AvgIpc) is 2.79. The maximum Gasteiger partial charge on any atom is 0.123 e. The van der Waals surface area contributed by atoms with Crippen molar-refractivity contribution in [2.24, 2.45) is 0 Å². The lowest BCUT2D eigenvalue weighted by molar-refractivity contribution is 0.604. The Bertz CT molecular complexity index is 554. The third-order valence-corrected chi connectivity index (χ3v) is 4.70. The minimum Gasteiger partial charge on any atom is -0.309 e. The quantitative estimate of drug-likeness (QED) is 0.871. The standard InChI is InChI=1S/C16H20FNS/c1-16(2,3)14-9-8-13(19-14)15(18-4)11-6-5-7-12(17)10-11/h5-10,15,18H,1-4H3. The summed E-state index contributed by atoms with van der Waals surface area (Å²) in [4.78, 5) is 2.57. The summed E-state index contributed by atoms with van der Waals surface area (Å²) in [5.41, 5.74) is 1.12. The van der Waals surface area contributed by atoms with Crippen LogP contribution in [0, 0.1) is 5.82 Å². The highest BCUT2D eigenvalue weighted by molar-refractivity contribution is 7.12. The van der Waals surface area contributed by atoms with Crippen molar-refractivity contribution in [2.45, 2.75) is 32.2 Å². The van der Waals surface area contributed by atoms with Gasteiger partial charge in [-0.2, -0.15) is 0 Å². The Morgan fingerprint density at radius 1 is 1.16 bits per heavy atom. The Kier molecular flexibility index (Phi) is 4.07. The molecule has 0 radical (unpaired) electrons. The zero-order valence-electron chi connectivity index (χ0n) is 11.8. The van der Waals surface area contributed by atoms with E-state index < -0.39 is 0 Å². The summed E-state index contributed by atoms with van der Waals surface area (Å²) < 4.78 is 13.3. The van der Waals surface area contributed by atoms with Crippen LogP contribution < -0.4 is 5.32 Å². The number of hydrogen-bond acceptors (Lipinski definition) is 2. The van der Waals surface area contributed by atoms with Crippen LogP contribution in [0.4, 0.5) is 4.39 Å². The van der Waals surface area contributed by atoms with Gasteiger partial charge in [-0.15, -0.1) is 11.3 Å². The Balaban J connectivity index is 2.35. The topological polar surface area (TPSA) is 12.0 Å². The van der Waals surface area contributed by atoms with E-state index in [1.807, 2.05) is 13.1 Å². The first-order valence-electron chi connectivity index (χ1n) is 6.45. The molecule has 0 aliphatic rings. The molecule has 1 atom stereocenters. The summed E-state index contributed by atoms with van der Waals surface area (Å²) in [6.07, 6.45) is 0. The van der Waals surface area contributed by atoms with Gasteiger partial charge in [-0.3, -0.25) is 0 Å². The smallest absolute Gasteiger partial charge is 0.123 e. The molecule has 0 aliphatic carbocycles. The molecule has 0 bridgehead atoms. The van der Waals surface area contributed by atoms with E-state index in [2.05, 4.69) is 38.2 Å². The second-order valence-electron chi connectivity index (χ2n) is 5.73. The third-order valence-electron chi connectivity index (χ3n) is 3.12. The Morgan fingerprint density at radius 2 is 1.89 bits per heavy atom. The second kappa shape index (κ2) is 5.43. The molecule has 102 valence electrons. The van der Waals surface area contributed by atoms with Crippen molar-refractivity contribution in [2.75, 3.05) is 7.05 Å².